The Balaban J connectivity index is 2.27. The van der Waals surface area contributed by atoms with Crippen molar-refractivity contribution in [1.29, 1.82) is 0 Å². The van der Waals surface area contributed by atoms with Crippen LogP contribution in [0.4, 0.5) is 13.2 Å². The number of imidazole rings is 1. The number of aromatic nitrogens is 2. The van der Waals surface area contributed by atoms with E-state index < -0.39 is 40.8 Å². The lowest BCUT2D eigenvalue weighted by atomic mass is 10.1. The number of hydrogen-bond donors (Lipinski definition) is 1. The SMILES string of the molecule is COc1cc(C)c(S(=O)(=O)NC(=O)c2ncn(CCC(F)(F)F)c2Cl)c(C)c1. The lowest BCUT2D eigenvalue weighted by Gasteiger charge is -2.13. The van der Waals surface area contributed by atoms with Gasteiger partial charge in [-0.05, 0) is 37.1 Å². The Morgan fingerprint density at radius 3 is 2.36 bits per heavy atom. The first-order valence-corrected chi connectivity index (χ1v) is 9.71. The van der Waals surface area contributed by atoms with Crippen molar-refractivity contribution in [2.24, 2.45) is 0 Å². The van der Waals surface area contributed by atoms with Crippen LogP contribution in [0.15, 0.2) is 23.4 Å². The second kappa shape index (κ2) is 8.00. The number of aryl methyl sites for hydroxylation is 3. The molecule has 0 saturated carbocycles. The zero-order chi connectivity index (χ0) is 21.3. The van der Waals surface area contributed by atoms with Gasteiger partial charge in [-0.3, -0.25) is 4.79 Å². The number of alkyl halides is 3. The topological polar surface area (TPSA) is 90.3 Å². The number of ether oxygens (including phenoxy) is 1. The third kappa shape index (κ3) is 4.96. The monoisotopic (exact) mass is 439 g/mol. The van der Waals surface area contributed by atoms with Crippen LogP contribution < -0.4 is 9.46 Å². The molecule has 0 unspecified atom stereocenters. The Kier molecular flexibility index (Phi) is 6.29. The highest BCUT2D eigenvalue weighted by atomic mass is 35.5. The first kappa shape index (κ1) is 22.0. The number of hydrogen-bond acceptors (Lipinski definition) is 5. The lowest BCUT2D eigenvalue weighted by molar-refractivity contribution is -0.136. The summed E-state index contributed by atoms with van der Waals surface area (Å²) < 4.78 is 70.1. The number of benzene rings is 1. The van der Waals surface area contributed by atoms with Crippen LogP contribution in [0.5, 0.6) is 5.75 Å². The quantitative estimate of drug-likeness (QED) is 0.746. The molecule has 0 aliphatic rings. The molecular weight excluding hydrogens is 423 g/mol. The maximum Gasteiger partial charge on any atom is 0.390 e. The van der Waals surface area contributed by atoms with E-state index >= 15 is 0 Å². The molecule has 0 fully saturated rings. The third-order valence-corrected chi connectivity index (χ3v) is 5.82. The molecule has 0 atom stereocenters. The Labute approximate surface area is 164 Å². The van der Waals surface area contributed by atoms with Crippen molar-refractivity contribution in [3.05, 3.63) is 40.4 Å². The van der Waals surface area contributed by atoms with Crippen molar-refractivity contribution in [2.75, 3.05) is 7.11 Å². The van der Waals surface area contributed by atoms with E-state index in [2.05, 4.69) is 4.98 Å². The molecule has 2 rings (SSSR count). The molecule has 1 aromatic heterocycles. The first-order valence-electron chi connectivity index (χ1n) is 7.85. The van der Waals surface area contributed by atoms with Gasteiger partial charge in [0.2, 0.25) is 0 Å². The lowest BCUT2D eigenvalue weighted by Crippen LogP contribution is -2.32. The number of amides is 1. The van der Waals surface area contributed by atoms with Crippen molar-refractivity contribution >= 4 is 27.5 Å². The summed E-state index contributed by atoms with van der Waals surface area (Å²) in [7, 11) is -2.85. The summed E-state index contributed by atoms with van der Waals surface area (Å²) in [5.74, 6) is -0.697. The Morgan fingerprint density at radius 2 is 1.86 bits per heavy atom. The molecule has 7 nitrogen and oxygen atoms in total. The van der Waals surface area contributed by atoms with Gasteiger partial charge in [-0.2, -0.15) is 13.2 Å². The molecule has 0 saturated heterocycles. The second-order valence-corrected chi connectivity index (χ2v) is 7.94. The molecule has 28 heavy (non-hydrogen) atoms. The molecule has 1 amide bonds. The highest BCUT2D eigenvalue weighted by molar-refractivity contribution is 7.90. The van der Waals surface area contributed by atoms with Gasteiger partial charge >= 0.3 is 6.18 Å². The number of methoxy groups -OCH3 is 1. The largest absolute Gasteiger partial charge is 0.497 e. The fourth-order valence-electron chi connectivity index (χ4n) is 2.60. The summed E-state index contributed by atoms with van der Waals surface area (Å²) in [5.41, 5.74) is 0.203. The third-order valence-electron chi connectivity index (χ3n) is 3.79. The predicted molar refractivity (Wildman–Crippen MR) is 95.0 cm³/mol. The van der Waals surface area contributed by atoms with E-state index in [9.17, 15) is 26.4 Å². The van der Waals surface area contributed by atoms with Gasteiger partial charge in [0.15, 0.2) is 5.69 Å². The first-order chi connectivity index (χ1) is 12.9. The molecule has 1 heterocycles. The van der Waals surface area contributed by atoms with Crippen LogP contribution >= 0.6 is 11.6 Å². The minimum atomic E-state index is -4.41. The van der Waals surface area contributed by atoms with Crippen LogP contribution in [0.3, 0.4) is 0 Å². The van der Waals surface area contributed by atoms with Gasteiger partial charge in [0.05, 0.1) is 24.8 Å². The minimum Gasteiger partial charge on any atom is -0.497 e. The molecule has 1 N–H and O–H groups in total. The summed E-state index contributed by atoms with van der Waals surface area (Å²) in [6.45, 7) is 2.52. The Bertz CT molecular complexity index is 980. The van der Waals surface area contributed by atoms with Gasteiger partial charge in [-0.1, -0.05) is 11.6 Å². The standard InChI is InChI=1S/C16H17ClF3N3O4S/c1-9-6-11(27-3)7-10(2)13(9)28(25,26)22-15(24)12-14(17)23(8-21-12)5-4-16(18,19)20/h6-8H,4-5H2,1-3H3,(H,22,24). The molecule has 0 bridgehead atoms. The zero-order valence-corrected chi connectivity index (χ0v) is 16.7. The van der Waals surface area contributed by atoms with Gasteiger partial charge in [-0.25, -0.2) is 18.1 Å². The zero-order valence-electron chi connectivity index (χ0n) is 15.1. The van der Waals surface area contributed by atoms with Crippen LogP contribution in [0, 0.1) is 13.8 Å². The summed E-state index contributed by atoms with van der Waals surface area (Å²) in [6.07, 6.45) is -4.64. The number of rotatable bonds is 6. The van der Waals surface area contributed by atoms with Crippen molar-refractivity contribution in [3.63, 3.8) is 0 Å². The number of carbonyl (C=O) groups is 1. The van der Waals surface area contributed by atoms with E-state index in [1.807, 2.05) is 4.72 Å². The van der Waals surface area contributed by atoms with Crippen LogP contribution in [-0.2, 0) is 16.6 Å². The van der Waals surface area contributed by atoms with Gasteiger partial charge < -0.3 is 9.30 Å². The highest BCUT2D eigenvalue weighted by Gasteiger charge is 2.29. The highest BCUT2D eigenvalue weighted by Crippen LogP contribution is 2.26. The van der Waals surface area contributed by atoms with E-state index in [-0.39, 0.29) is 10.0 Å². The van der Waals surface area contributed by atoms with Crippen molar-refractivity contribution in [3.8, 4) is 5.75 Å². The van der Waals surface area contributed by atoms with E-state index in [1.165, 1.54) is 33.1 Å². The van der Waals surface area contributed by atoms with Crippen LogP contribution in [0.25, 0.3) is 0 Å². The number of carbonyl (C=O) groups excluding carboxylic acids is 1. The number of nitrogens with one attached hydrogen (secondary N) is 1. The summed E-state index contributed by atoms with van der Waals surface area (Å²) in [6, 6.07) is 2.98. The summed E-state index contributed by atoms with van der Waals surface area (Å²) >= 11 is 5.89. The van der Waals surface area contributed by atoms with E-state index in [0.29, 0.717) is 16.9 Å². The second-order valence-electron chi connectivity index (χ2n) is 5.97. The fourth-order valence-corrected chi connectivity index (χ4v) is 4.27. The van der Waals surface area contributed by atoms with Crippen molar-refractivity contribution < 1.29 is 31.1 Å². The average Bonchev–Trinajstić information content (AvgIpc) is 2.91. The summed E-state index contributed by atoms with van der Waals surface area (Å²) in [4.78, 5) is 15.8. The molecular formula is C16H17ClF3N3O4S. The van der Waals surface area contributed by atoms with Gasteiger partial charge in [0.1, 0.15) is 10.9 Å². The predicted octanol–water partition coefficient (Wildman–Crippen LogP) is 3.23. The Morgan fingerprint density at radius 1 is 1.29 bits per heavy atom. The van der Waals surface area contributed by atoms with Crippen molar-refractivity contribution in [2.45, 2.75) is 37.9 Å². The molecule has 0 aliphatic carbocycles. The smallest absolute Gasteiger partial charge is 0.390 e. The minimum absolute atomic E-state index is 0.116. The van der Waals surface area contributed by atoms with Crippen LogP contribution in [-0.4, -0.2) is 37.2 Å². The molecule has 2 aromatic rings. The average molecular weight is 440 g/mol. The van der Waals surface area contributed by atoms with Crippen LogP contribution in [0.1, 0.15) is 28.0 Å². The van der Waals surface area contributed by atoms with E-state index in [1.54, 1.807) is 0 Å². The number of sulfonamides is 1. The van der Waals surface area contributed by atoms with Gasteiger partial charge in [-0.15, -0.1) is 0 Å². The normalized spacial score (nSPS) is 12.1. The fraction of sp³-hybridized carbons (Fsp3) is 0.375. The maximum absolute atomic E-state index is 12.6. The number of halogens is 4. The molecule has 12 heteroatoms. The maximum atomic E-state index is 12.6. The molecule has 0 aliphatic heterocycles. The van der Waals surface area contributed by atoms with Gasteiger partial charge in [0, 0.05) is 6.54 Å². The molecule has 1 aromatic carbocycles. The number of nitrogens with zero attached hydrogens (tertiary/aromatic N) is 2. The van der Waals surface area contributed by atoms with Crippen molar-refractivity contribution in [1.82, 2.24) is 14.3 Å². The summed E-state index contributed by atoms with van der Waals surface area (Å²) in [5, 5.41) is -0.389. The molecule has 0 radical (unpaired) electrons. The van der Waals surface area contributed by atoms with Crippen LogP contribution in [0.2, 0.25) is 5.15 Å². The van der Waals surface area contributed by atoms with Gasteiger partial charge in [0.25, 0.3) is 15.9 Å². The van der Waals surface area contributed by atoms with E-state index in [0.717, 1.165) is 10.9 Å². The molecule has 0 spiro atoms. The van der Waals surface area contributed by atoms with E-state index in [4.69, 9.17) is 16.3 Å². The molecule has 154 valence electrons. The Hall–Kier alpha value is -2.27.